The smallest absolute Gasteiger partial charge is 0.307 e. The lowest BCUT2D eigenvalue weighted by Gasteiger charge is -2.24. The Hall–Kier alpha value is -1.42. The van der Waals surface area contributed by atoms with Crippen molar-refractivity contribution in [2.45, 2.75) is 45.3 Å². The second kappa shape index (κ2) is 6.66. The van der Waals surface area contributed by atoms with Crippen LogP contribution in [0.15, 0.2) is 24.5 Å². The molecule has 2 heterocycles. The Morgan fingerprint density at radius 2 is 2.21 bits per heavy atom. The van der Waals surface area contributed by atoms with E-state index in [1.165, 1.54) is 12.0 Å². The first-order valence-electron chi connectivity index (χ1n) is 7.00. The maximum atomic E-state index is 11.6. The predicted octanol–water partition coefficient (Wildman–Crippen LogP) is 2.56. The lowest BCUT2D eigenvalue weighted by atomic mass is 10.1. The lowest BCUT2D eigenvalue weighted by Crippen LogP contribution is -2.27. The molecule has 1 aromatic heterocycles. The van der Waals surface area contributed by atoms with Gasteiger partial charge in [-0.15, -0.1) is 0 Å². The Balaban J connectivity index is 1.88. The fourth-order valence-electron chi connectivity index (χ4n) is 2.61. The predicted molar refractivity (Wildman–Crippen MR) is 73.6 cm³/mol. The van der Waals surface area contributed by atoms with Gasteiger partial charge < -0.3 is 4.74 Å². The van der Waals surface area contributed by atoms with Crippen LogP contribution in [0.3, 0.4) is 0 Å². The first kappa shape index (κ1) is 14.0. The molecule has 0 bridgehead atoms. The molecule has 4 heteroatoms. The number of esters is 1. The van der Waals surface area contributed by atoms with Crippen LogP contribution in [0.25, 0.3) is 0 Å². The van der Waals surface area contributed by atoms with Crippen molar-refractivity contribution < 1.29 is 9.53 Å². The Bertz CT molecular complexity index is 406. The highest BCUT2D eigenvalue weighted by Gasteiger charge is 2.26. The van der Waals surface area contributed by atoms with Crippen molar-refractivity contribution in [2.75, 3.05) is 13.1 Å². The zero-order valence-corrected chi connectivity index (χ0v) is 11.7. The third-order valence-corrected chi connectivity index (χ3v) is 3.42. The Labute approximate surface area is 114 Å². The molecule has 1 fully saturated rings. The molecule has 1 unspecified atom stereocenters. The summed E-state index contributed by atoms with van der Waals surface area (Å²) in [5.74, 6) is -0.102. The molecule has 1 atom stereocenters. The van der Waals surface area contributed by atoms with Gasteiger partial charge in [0.15, 0.2) is 0 Å². The minimum Gasteiger partial charge on any atom is -0.463 e. The van der Waals surface area contributed by atoms with Crippen molar-refractivity contribution in [3.8, 4) is 0 Å². The minimum absolute atomic E-state index is 0.0259. The second-order valence-corrected chi connectivity index (χ2v) is 5.26. The second-order valence-electron chi connectivity index (χ2n) is 5.26. The van der Waals surface area contributed by atoms with E-state index < -0.39 is 0 Å². The summed E-state index contributed by atoms with van der Waals surface area (Å²) in [5, 5.41) is 0. The maximum Gasteiger partial charge on any atom is 0.307 e. The van der Waals surface area contributed by atoms with Crippen LogP contribution in [0.1, 0.15) is 44.7 Å². The summed E-state index contributed by atoms with van der Waals surface area (Å²) in [7, 11) is 0. The Morgan fingerprint density at radius 1 is 1.47 bits per heavy atom. The van der Waals surface area contributed by atoms with Crippen LogP contribution in [0.2, 0.25) is 0 Å². The van der Waals surface area contributed by atoms with Gasteiger partial charge in [-0.1, -0.05) is 0 Å². The van der Waals surface area contributed by atoms with Gasteiger partial charge in [0, 0.05) is 25.0 Å². The van der Waals surface area contributed by atoms with Gasteiger partial charge in [0.05, 0.1) is 12.5 Å². The highest BCUT2D eigenvalue weighted by atomic mass is 16.5. The standard InChI is InChI=1S/C15H22N2O2/c1-12(2)19-15(18)7-11-17-10-3-4-14(17)13-5-8-16-9-6-13/h5-6,8-9,12,14H,3-4,7,10-11H2,1-2H3. The molecule has 0 aliphatic carbocycles. The molecule has 0 aromatic carbocycles. The lowest BCUT2D eigenvalue weighted by molar-refractivity contribution is -0.147. The summed E-state index contributed by atoms with van der Waals surface area (Å²) in [6, 6.07) is 4.56. The summed E-state index contributed by atoms with van der Waals surface area (Å²) in [6.45, 7) is 5.60. The van der Waals surface area contributed by atoms with E-state index in [0.717, 1.165) is 19.5 Å². The van der Waals surface area contributed by atoms with Gasteiger partial charge in [-0.25, -0.2) is 0 Å². The van der Waals surface area contributed by atoms with Crippen LogP contribution in [0.5, 0.6) is 0 Å². The van der Waals surface area contributed by atoms with E-state index in [2.05, 4.69) is 22.0 Å². The third kappa shape index (κ3) is 4.03. The van der Waals surface area contributed by atoms with Crippen molar-refractivity contribution >= 4 is 5.97 Å². The van der Waals surface area contributed by atoms with E-state index in [1.807, 2.05) is 26.2 Å². The number of hydrogen-bond acceptors (Lipinski definition) is 4. The van der Waals surface area contributed by atoms with E-state index in [4.69, 9.17) is 4.74 Å². The molecule has 19 heavy (non-hydrogen) atoms. The molecule has 0 spiro atoms. The molecule has 1 aromatic rings. The molecule has 0 N–H and O–H groups in total. The van der Waals surface area contributed by atoms with Crippen LogP contribution in [-0.2, 0) is 9.53 Å². The van der Waals surface area contributed by atoms with Gasteiger partial charge in [0.1, 0.15) is 0 Å². The molecule has 1 aliphatic heterocycles. The fourth-order valence-corrected chi connectivity index (χ4v) is 2.61. The number of rotatable bonds is 5. The number of ether oxygens (including phenoxy) is 1. The van der Waals surface area contributed by atoms with Crippen LogP contribution in [0, 0.1) is 0 Å². The molecule has 0 radical (unpaired) electrons. The first-order chi connectivity index (χ1) is 9.16. The molecule has 1 aliphatic rings. The number of carbonyl (C=O) groups excluding carboxylic acids is 1. The first-order valence-corrected chi connectivity index (χ1v) is 7.00. The Kier molecular flexibility index (Phi) is 4.91. The summed E-state index contributed by atoms with van der Waals surface area (Å²) in [4.78, 5) is 18.0. The molecule has 4 nitrogen and oxygen atoms in total. The fraction of sp³-hybridized carbons (Fsp3) is 0.600. The molecule has 2 rings (SSSR count). The highest BCUT2D eigenvalue weighted by Crippen LogP contribution is 2.31. The van der Waals surface area contributed by atoms with Gasteiger partial charge in [0.25, 0.3) is 0 Å². The van der Waals surface area contributed by atoms with Crippen LogP contribution < -0.4 is 0 Å². The summed E-state index contributed by atoms with van der Waals surface area (Å²) >= 11 is 0. The van der Waals surface area contributed by atoms with Crippen LogP contribution >= 0.6 is 0 Å². The highest BCUT2D eigenvalue weighted by molar-refractivity contribution is 5.69. The van der Waals surface area contributed by atoms with E-state index in [0.29, 0.717) is 12.5 Å². The quantitative estimate of drug-likeness (QED) is 0.765. The Morgan fingerprint density at radius 3 is 2.89 bits per heavy atom. The summed E-state index contributed by atoms with van der Waals surface area (Å²) in [6.07, 6.45) is 6.45. The zero-order chi connectivity index (χ0) is 13.7. The van der Waals surface area contributed by atoms with Crippen LogP contribution in [-0.4, -0.2) is 35.0 Å². The number of carbonyl (C=O) groups is 1. The van der Waals surface area contributed by atoms with Crippen molar-refractivity contribution in [1.82, 2.24) is 9.88 Å². The summed E-state index contributed by atoms with van der Waals surface area (Å²) < 4.78 is 5.18. The monoisotopic (exact) mass is 262 g/mol. The normalized spacial score (nSPS) is 19.8. The van der Waals surface area contributed by atoms with Crippen molar-refractivity contribution in [1.29, 1.82) is 0 Å². The van der Waals surface area contributed by atoms with Gasteiger partial charge in [-0.2, -0.15) is 0 Å². The zero-order valence-electron chi connectivity index (χ0n) is 11.7. The van der Waals surface area contributed by atoms with Crippen molar-refractivity contribution in [3.63, 3.8) is 0 Å². The molecular weight excluding hydrogens is 240 g/mol. The largest absolute Gasteiger partial charge is 0.463 e. The van der Waals surface area contributed by atoms with Crippen molar-refractivity contribution in [3.05, 3.63) is 30.1 Å². The maximum absolute atomic E-state index is 11.6. The number of aromatic nitrogens is 1. The van der Waals surface area contributed by atoms with Crippen LogP contribution in [0.4, 0.5) is 0 Å². The van der Waals surface area contributed by atoms with Gasteiger partial charge >= 0.3 is 5.97 Å². The number of likely N-dealkylation sites (tertiary alicyclic amines) is 1. The van der Waals surface area contributed by atoms with E-state index in [-0.39, 0.29) is 12.1 Å². The minimum atomic E-state index is -0.102. The van der Waals surface area contributed by atoms with Crippen molar-refractivity contribution in [2.24, 2.45) is 0 Å². The number of nitrogens with zero attached hydrogens (tertiary/aromatic N) is 2. The van der Waals surface area contributed by atoms with E-state index in [9.17, 15) is 4.79 Å². The average Bonchev–Trinajstić information content (AvgIpc) is 2.85. The third-order valence-electron chi connectivity index (χ3n) is 3.42. The number of pyridine rings is 1. The topological polar surface area (TPSA) is 42.4 Å². The SMILES string of the molecule is CC(C)OC(=O)CCN1CCCC1c1ccncc1. The van der Waals surface area contributed by atoms with Gasteiger partial charge in [-0.3, -0.25) is 14.7 Å². The number of hydrogen-bond donors (Lipinski definition) is 0. The average molecular weight is 262 g/mol. The molecule has 0 amide bonds. The van der Waals surface area contributed by atoms with E-state index >= 15 is 0 Å². The molecular formula is C15H22N2O2. The van der Waals surface area contributed by atoms with Gasteiger partial charge in [-0.05, 0) is 50.9 Å². The van der Waals surface area contributed by atoms with E-state index in [1.54, 1.807) is 0 Å². The molecule has 104 valence electrons. The molecule has 1 saturated heterocycles. The molecule has 0 saturated carbocycles. The van der Waals surface area contributed by atoms with Gasteiger partial charge in [0.2, 0.25) is 0 Å². The summed E-state index contributed by atoms with van der Waals surface area (Å²) in [5.41, 5.74) is 1.30.